The maximum atomic E-state index is 9.37. The summed E-state index contributed by atoms with van der Waals surface area (Å²) in [5.41, 5.74) is 10.6. The van der Waals surface area contributed by atoms with Crippen LogP contribution in [-0.2, 0) is 4.74 Å². The third-order valence-corrected chi connectivity index (χ3v) is 2.28. The van der Waals surface area contributed by atoms with Gasteiger partial charge in [0.05, 0.1) is 12.2 Å². The van der Waals surface area contributed by atoms with E-state index >= 15 is 0 Å². The van der Waals surface area contributed by atoms with Gasteiger partial charge in [-0.05, 0) is 0 Å². The third-order valence-electron chi connectivity index (χ3n) is 2.28. The first-order valence-electron chi connectivity index (χ1n) is 4.21. The number of aliphatic hydroxyl groups excluding tert-OH is 3. The molecule has 0 aliphatic carbocycles. The van der Waals surface area contributed by atoms with E-state index in [0.717, 1.165) is 0 Å². The normalized spacial score (nSPS) is 46.4. The number of nitrogens with two attached hydrogens (primary N) is 2. The van der Waals surface area contributed by atoms with Gasteiger partial charge in [0, 0.05) is 13.1 Å². The lowest BCUT2D eigenvalue weighted by Gasteiger charge is -2.39. The first-order valence-corrected chi connectivity index (χ1v) is 4.21. The fourth-order valence-electron chi connectivity index (χ4n) is 1.42. The van der Waals surface area contributed by atoms with Crippen LogP contribution in [0.15, 0.2) is 0 Å². The minimum absolute atomic E-state index is 0.0848. The highest BCUT2D eigenvalue weighted by Crippen LogP contribution is 2.19. The molecule has 1 saturated heterocycles. The molecule has 0 aromatic carbocycles. The summed E-state index contributed by atoms with van der Waals surface area (Å²) in [5, 5.41) is 28.1. The zero-order chi connectivity index (χ0) is 10.0. The van der Waals surface area contributed by atoms with E-state index in [9.17, 15) is 15.3 Å². The first kappa shape index (κ1) is 10.8. The second-order valence-corrected chi connectivity index (χ2v) is 3.16. The number of ether oxygens (including phenoxy) is 1. The molecule has 0 amide bonds. The molecule has 1 aliphatic rings. The predicted octanol–water partition coefficient (Wildman–Crippen LogP) is -3.25. The van der Waals surface area contributed by atoms with Gasteiger partial charge < -0.3 is 31.5 Å². The zero-order valence-corrected chi connectivity index (χ0v) is 7.21. The van der Waals surface area contributed by atoms with Crippen molar-refractivity contribution < 1.29 is 20.1 Å². The summed E-state index contributed by atoms with van der Waals surface area (Å²) < 4.78 is 5.17. The van der Waals surface area contributed by atoms with Gasteiger partial charge in [0.1, 0.15) is 18.3 Å². The van der Waals surface area contributed by atoms with Crippen molar-refractivity contribution in [3.05, 3.63) is 0 Å². The van der Waals surface area contributed by atoms with E-state index in [1.807, 2.05) is 0 Å². The van der Waals surface area contributed by atoms with E-state index in [1.54, 1.807) is 0 Å². The minimum atomic E-state index is -1.24. The van der Waals surface area contributed by atoms with E-state index < -0.39 is 30.5 Å². The number of aliphatic hydroxyl groups is 3. The lowest BCUT2D eigenvalue weighted by molar-refractivity contribution is -0.215. The number of rotatable bonds is 2. The molecular formula is C7H16N2O4. The lowest BCUT2D eigenvalue weighted by atomic mass is 9.95. The van der Waals surface area contributed by atoms with E-state index in [-0.39, 0.29) is 13.1 Å². The topological polar surface area (TPSA) is 122 Å². The van der Waals surface area contributed by atoms with Gasteiger partial charge in [0.15, 0.2) is 0 Å². The van der Waals surface area contributed by atoms with Crippen LogP contribution in [0, 0.1) is 0 Å². The Kier molecular flexibility index (Phi) is 3.60. The molecule has 1 unspecified atom stereocenters. The summed E-state index contributed by atoms with van der Waals surface area (Å²) in [6, 6.07) is 0. The highest BCUT2D eigenvalue weighted by atomic mass is 16.5. The fourth-order valence-corrected chi connectivity index (χ4v) is 1.42. The van der Waals surface area contributed by atoms with Gasteiger partial charge >= 0.3 is 0 Å². The van der Waals surface area contributed by atoms with Crippen LogP contribution in [-0.4, -0.2) is 58.9 Å². The van der Waals surface area contributed by atoms with Crippen molar-refractivity contribution in [1.29, 1.82) is 0 Å². The van der Waals surface area contributed by atoms with Gasteiger partial charge in [-0.2, -0.15) is 0 Å². The van der Waals surface area contributed by atoms with Gasteiger partial charge in [0.2, 0.25) is 0 Å². The van der Waals surface area contributed by atoms with Crippen molar-refractivity contribution in [3.8, 4) is 0 Å². The van der Waals surface area contributed by atoms with Crippen LogP contribution >= 0.6 is 0 Å². The number of hydrogen-bond donors (Lipinski definition) is 5. The Bertz CT molecular complexity index is 149. The van der Waals surface area contributed by atoms with Crippen LogP contribution in [0.2, 0.25) is 0 Å². The molecule has 13 heavy (non-hydrogen) atoms. The first-order chi connectivity index (χ1) is 6.11. The van der Waals surface area contributed by atoms with E-state index in [4.69, 9.17) is 16.2 Å². The van der Waals surface area contributed by atoms with Gasteiger partial charge in [-0.25, -0.2) is 0 Å². The second-order valence-electron chi connectivity index (χ2n) is 3.16. The SMILES string of the molecule is NC[C@@H]1O[C@H](CN)[C@@H](O)C(O)[C@H]1O. The molecule has 0 aromatic heterocycles. The van der Waals surface area contributed by atoms with Crippen molar-refractivity contribution in [1.82, 2.24) is 0 Å². The molecule has 5 atom stereocenters. The lowest BCUT2D eigenvalue weighted by Crippen LogP contribution is -2.60. The molecule has 78 valence electrons. The van der Waals surface area contributed by atoms with Gasteiger partial charge in [0.25, 0.3) is 0 Å². The van der Waals surface area contributed by atoms with Crippen LogP contribution in [0.3, 0.4) is 0 Å². The molecule has 6 nitrogen and oxygen atoms in total. The van der Waals surface area contributed by atoms with Crippen LogP contribution in [0.1, 0.15) is 0 Å². The maximum Gasteiger partial charge on any atom is 0.111 e. The maximum absolute atomic E-state index is 9.37. The Labute approximate surface area is 76.1 Å². The molecule has 0 saturated carbocycles. The minimum Gasteiger partial charge on any atom is -0.388 e. The van der Waals surface area contributed by atoms with E-state index in [1.165, 1.54) is 0 Å². The quantitative estimate of drug-likeness (QED) is 0.313. The Balaban J connectivity index is 2.66. The Hall–Kier alpha value is -0.240. The molecule has 0 aromatic rings. The molecular weight excluding hydrogens is 176 g/mol. The highest BCUT2D eigenvalue weighted by molar-refractivity contribution is 4.92. The summed E-state index contributed by atoms with van der Waals surface area (Å²) in [6.45, 7) is 0.170. The van der Waals surface area contributed by atoms with E-state index in [2.05, 4.69) is 0 Å². The molecule has 0 spiro atoms. The molecule has 0 radical (unpaired) electrons. The van der Waals surface area contributed by atoms with Gasteiger partial charge in [-0.1, -0.05) is 0 Å². The molecule has 0 bridgehead atoms. The molecule has 1 rings (SSSR count). The smallest absolute Gasteiger partial charge is 0.111 e. The van der Waals surface area contributed by atoms with Crippen molar-refractivity contribution in [2.24, 2.45) is 11.5 Å². The average molecular weight is 192 g/mol. The summed E-state index contributed by atoms with van der Waals surface area (Å²) in [6.07, 6.45) is -4.86. The van der Waals surface area contributed by atoms with Crippen LogP contribution in [0.5, 0.6) is 0 Å². The van der Waals surface area contributed by atoms with Gasteiger partial charge in [-0.3, -0.25) is 0 Å². The molecule has 1 aliphatic heterocycles. The van der Waals surface area contributed by atoms with Crippen molar-refractivity contribution in [2.45, 2.75) is 30.5 Å². The summed E-state index contributed by atoms with van der Waals surface area (Å²) in [5.74, 6) is 0. The zero-order valence-electron chi connectivity index (χ0n) is 7.21. The Morgan fingerprint density at radius 3 is 1.54 bits per heavy atom. The molecule has 6 heteroatoms. The fraction of sp³-hybridized carbons (Fsp3) is 1.00. The summed E-state index contributed by atoms with van der Waals surface area (Å²) >= 11 is 0. The standard InChI is InChI=1S/C7H16N2O4/c8-1-3-5(10)7(12)6(11)4(2-9)13-3/h3-7,10-12H,1-2,8-9H2/t3-,4+,5-,6+,7?. The average Bonchev–Trinajstić information content (AvgIpc) is 2.15. The van der Waals surface area contributed by atoms with Gasteiger partial charge in [-0.15, -0.1) is 0 Å². The van der Waals surface area contributed by atoms with E-state index in [0.29, 0.717) is 0 Å². The monoisotopic (exact) mass is 192 g/mol. The largest absolute Gasteiger partial charge is 0.388 e. The van der Waals surface area contributed by atoms with Crippen molar-refractivity contribution >= 4 is 0 Å². The van der Waals surface area contributed by atoms with Crippen LogP contribution in [0.4, 0.5) is 0 Å². The van der Waals surface area contributed by atoms with Crippen LogP contribution < -0.4 is 11.5 Å². The Morgan fingerprint density at radius 1 is 0.846 bits per heavy atom. The second kappa shape index (κ2) is 4.32. The molecule has 7 N–H and O–H groups in total. The molecule has 1 heterocycles. The van der Waals surface area contributed by atoms with Crippen LogP contribution in [0.25, 0.3) is 0 Å². The number of hydrogen-bond acceptors (Lipinski definition) is 6. The highest BCUT2D eigenvalue weighted by Gasteiger charge is 2.42. The van der Waals surface area contributed by atoms with Crippen molar-refractivity contribution in [3.63, 3.8) is 0 Å². The third kappa shape index (κ3) is 1.98. The summed E-state index contributed by atoms with van der Waals surface area (Å²) in [7, 11) is 0. The Morgan fingerprint density at radius 2 is 1.23 bits per heavy atom. The van der Waals surface area contributed by atoms with Crippen molar-refractivity contribution in [2.75, 3.05) is 13.1 Å². The molecule has 1 fully saturated rings. The summed E-state index contributed by atoms with van der Waals surface area (Å²) in [4.78, 5) is 0. The predicted molar refractivity (Wildman–Crippen MR) is 44.8 cm³/mol.